The fourth-order valence-electron chi connectivity index (χ4n) is 5.12. The maximum absolute atomic E-state index is 14.2. The number of aliphatic hydroxyl groups is 1. The van der Waals surface area contributed by atoms with Crippen molar-refractivity contribution in [2.24, 2.45) is 16.1 Å². The van der Waals surface area contributed by atoms with Gasteiger partial charge in [-0.1, -0.05) is 69.0 Å². The number of thioether (sulfide) groups is 1. The Morgan fingerprint density at radius 3 is 2.50 bits per heavy atom. The van der Waals surface area contributed by atoms with Crippen molar-refractivity contribution in [3.63, 3.8) is 0 Å². The summed E-state index contributed by atoms with van der Waals surface area (Å²) in [5, 5.41) is 23.5. The molecular formula is C31H30F6N6O2S. The molecule has 0 spiro atoms. The van der Waals surface area contributed by atoms with E-state index in [-0.39, 0.29) is 34.4 Å². The summed E-state index contributed by atoms with van der Waals surface area (Å²) in [6, 6.07) is 11.9. The number of alkyl halides is 6. The number of allylic oxidation sites excluding steroid dienone is 4. The van der Waals surface area contributed by atoms with Crippen molar-refractivity contribution in [2.75, 3.05) is 10.7 Å². The van der Waals surface area contributed by atoms with Crippen LogP contribution in [0.25, 0.3) is 5.69 Å². The number of amidine groups is 1. The lowest BCUT2D eigenvalue weighted by atomic mass is 9.87. The Labute approximate surface area is 265 Å². The SMILES string of the molecule is CCC(C)c1ccccc1N1/C(=N/N=C/C2=CC(C)C(c3ncn(-c4ccc(OC(F)(F)F)cc4)n3)C=C2)SCC1(O)C(F)(F)F. The minimum atomic E-state index is -4.95. The Balaban J connectivity index is 1.32. The fraction of sp³-hybridized carbons (Fsp3) is 0.355. The first-order valence-electron chi connectivity index (χ1n) is 14.3. The van der Waals surface area contributed by atoms with Gasteiger partial charge in [0.25, 0.3) is 5.72 Å². The van der Waals surface area contributed by atoms with Gasteiger partial charge in [-0.05, 0) is 59.7 Å². The topological polar surface area (TPSA) is 88.1 Å². The van der Waals surface area contributed by atoms with E-state index in [1.54, 1.807) is 30.3 Å². The third-order valence-corrected chi connectivity index (χ3v) is 8.82. The van der Waals surface area contributed by atoms with Gasteiger partial charge in [0, 0.05) is 11.6 Å². The molecule has 1 saturated heterocycles. The maximum atomic E-state index is 14.2. The number of hydrogen-bond donors (Lipinski definition) is 1. The first-order valence-corrected chi connectivity index (χ1v) is 15.3. The zero-order valence-electron chi connectivity index (χ0n) is 24.9. The van der Waals surface area contributed by atoms with E-state index in [4.69, 9.17) is 0 Å². The van der Waals surface area contributed by atoms with Crippen molar-refractivity contribution in [2.45, 2.75) is 57.3 Å². The van der Waals surface area contributed by atoms with Crippen LogP contribution in [-0.2, 0) is 0 Å². The van der Waals surface area contributed by atoms with Crippen molar-refractivity contribution in [1.82, 2.24) is 14.8 Å². The molecule has 1 aliphatic heterocycles. The number of para-hydroxylation sites is 1. The summed E-state index contributed by atoms with van der Waals surface area (Å²) in [5.74, 6) is -0.918. The van der Waals surface area contributed by atoms with Crippen LogP contribution in [0.15, 0.2) is 88.9 Å². The minimum Gasteiger partial charge on any atom is -0.406 e. The van der Waals surface area contributed by atoms with E-state index >= 15 is 0 Å². The van der Waals surface area contributed by atoms with Gasteiger partial charge < -0.3 is 9.84 Å². The highest BCUT2D eigenvalue weighted by Crippen LogP contribution is 2.47. The van der Waals surface area contributed by atoms with Crippen LogP contribution in [0.1, 0.15) is 50.4 Å². The molecular weight excluding hydrogens is 634 g/mol. The van der Waals surface area contributed by atoms with Crippen LogP contribution in [0.2, 0.25) is 0 Å². The van der Waals surface area contributed by atoms with Crippen LogP contribution in [0.5, 0.6) is 5.75 Å². The van der Waals surface area contributed by atoms with Crippen molar-refractivity contribution in [3.05, 3.63) is 90.0 Å². The molecule has 8 nitrogen and oxygen atoms in total. The lowest BCUT2D eigenvalue weighted by Gasteiger charge is -2.36. The molecule has 46 heavy (non-hydrogen) atoms. The van der Waals surface area contributed by atoms with Crippen LogP contribution in [-0.4, -0.2) is 55.3 Å². The van der Waals surface area contributed by atoms with E-state index in [0.29, 0.717) is 29.1 Å². The van der Waals surface area contributed by atoms with Gasteiger partial charge in [-0.2, -0.15) is 23.4 Å². The van der Waals surface area contributed by atoms with E-state index < -0.39 is 24.0 Å². The van der Waals surface area contributed by atoms with E-state index in [1.807, 2.05) is 32.9 Å². The smallest absolute Gasteiger partial charge is 0.406 e. The average molecular weight is 665 g/mol. The largest absolute Gasteiger partial charge is 0.573 e. The van der Waals surface area contributed by atoms with E-state index in [9.17, 15) is 31.4 Å². The molecule has 1 aromatic heterocycles. The summed E-state index contributed by atoms with van der Waals surface area (Å²) < 4.78 is 85.3. The lowest BCUT2D eigenvalue weighted by Crippen LogP contribution is -2.58. The molecule has 1 fully saturated rings. The van der Waals surface area contributed by atoms with Crippen LogP contribution in [0.3, 0.4) is 0 Å². The molecule has 4 atom stereocenters. The van der Waals surface area contributed by atoms with Gasteiger partial charge in [0.15, 0.2) is 11.0 Å². The van der Waals surface area contributed by atoms with Gasteiger partial charge >= 0.3 is 12.5 Å². The summed E-state index contributed by atoms with van der Waals surface area (Å²) >= 11 is 0.774. The molecule has 1 N–H and O–H groups in total. The van der Waals surface area contributed by atoms with Gasteiger partial charge in [0.2, 0.25) is 0 Å². The number of rotatable bonds is 8. The molecule has 2 aromatic carbocycles. The first kappa shape index (κ1) is 33.3. The highest BCUT2D eigenvalue weighted by Gasteiger charge is 2.63. The second-order valence-electron chi connectivity index (χ2n) is 10.9. The molecule has 1 aliphatic carbocycles. The van der Waals surface area contributed by atoms with Gasteiger partial charge in [-0.3, -0.25) is 4.90 Å². The molecule has 15 heteroatoms. The van der Waals surface area contributed by atoms with Crippen LogP contribution in [0, 0.1) is 5.92 Å². The normalized spacial score (nSPS) is 23.7. The minimum absolute atomic E-state index is 0.0599. The number of nitrogens with zero attached hydrogens (tertiary/aromatic N) is 6. The summed E-state index contributed by atoms with van der Waals surface area (Å²) in [4.78, 5) is 5.20. The van der Waals surface area contributed by atoms with E-state index in [2.05, 4.69) is 25.0 Å². The molecule has 2 aliphatic rings. The second kappa shape index (κ2) is 12.9. The molecule has 4 unspecified atom stereocenters. The highest BCUT2D eigenvalue weighted by atomic mass is 32.2. The number of halogens is 6. The predicted molar refractivity (Wildman–Crippen MR) is 164 cm³/mol. The fourth-order valence-corrected chi connectivity index (χ4v) is 6.23. The van der Waals surface area contributed by atoms with Gasteiger partial charge in [0.05, 0.1) is 17.7 Å². The third kappa shape index (κ3) is 6.99. The van der Waals surface area contributed by atoms with E-state index in [1.165, 1.54) is 41.5 Å². The molecule has 0 radical (unpaired) electrons. The zero-order chi connectivity index (χ0) is 33.3. The van der Waals surface area contributed by atoms with Crippen molar-refractivity contribution in [3.8, 4) is 11.4 Å². The Morgan fingerprint density at radius 1 is 1.13 bits per heavy atom. The number of hydrogen-bond acceptors (Lipinski definition) is 7. The van der Waals surface area contributed by atoms with Crippen molar-refractivity contribution >= 4 is 28.8 Å². The number of aromatic nitrogens is 3. The molecule has 3 aromatic rings. The second-order valence-corrected chi connectivity index (χ2v) is 11.9. The molecule has 2 heterocycles. The summed E-state index contributed by atoms with van der Waals surface area (Å²) in [5.41, 5.74) is -1.12. The Hall–Kier alpha value is -4.11. The molecule has 5 rings (SSSR count). The summed E-state index contributed by atoms with van der Waals surface area (Å²) in [7, 11) is 0. The number of benzene rings is 2. The van der Waals surface area contributed by atoms with Gasteiger partial charge in [-0.15, -0.1) is 18.3 Å². The first-order chi connectivity index (χ1) is 21.7. The quantitative estimate of drug-likeness (QED) is 0.151. The third-order valence-electron chi connectivity index (χ3n) is 7.75. The molecule has 0 bridgehead atoms. The zero-order valence-corrected chi connectivity index (χ0v) is 25.7. The van der Waals surface area contributed by atoms with Gasteiger partial charge in [0.1, 0.15) is 12.1 Å². The highest BCUT2D eigenvalue weighted by molar-refractivity contribution is 8.14. The van der Waals surface area contributed by atoms with Crippen LogP contribution in [0.4, 0.5) is 32.0 Å². The number of anilines is 1. The molecule has 244 valence electrons. The van der Waals surface area contributed by atoms with Crippen molar-refractivity contribution in [1.29, 1.82) is 0 Å². The van der Waals surface area contributed by atoms with Crippen LogP contribution < -0.4 is 9.64 Å². The summed E-state index contributed by atoms with van der Waals surface area (Å²) in [6.07, 6.45) is -0.644. The Morgan fingerprint density at radius 2 is 1.85 bits per heavy atom. The monoisotopic (exact) mass is 664 g/mol. The maximum Gasteiger partial charge on any atom is 0.573 e. The molecule has 0 saturated carbocycles. The Kier molecular flexibility index (Phi) is 9.36. The average Bonchev–Trinajstić information content (AvgIpc) is 3.62. The Bertz CT molecular complexity index is 1670. The van der Waals surface area contributed by atoms with Crippen molar-refractivity contribution < 1.29 is 36.2 Å². The standard InChI is InChI=1S/C31H30F6N6O2S/c1-4-19(2)24-7-5-6-8-26(24)43-28(46-17-29(43,44)30(32,33)34)40-39-16-21-9-14-25(20(3)15-21)27-38-18-42(41-27)22-10-12-23(13-11-22)45-31(35,36)37/h5-16,18-20,25,44H,4,17H2,1-3H3/b39-16+,40-28-. The molecule has 0 amide bonds. The van der Waals surface area contributed by atoms with E-state index in [0.717, 1.165) is 16.7 Å². The predicted octanol–water partition coefficient (Wildman–Crippen LogP) is 7.74. The number of ether oxygens (including phenoxy) is 1. The van der Waals surface area contributed by atoms with Gasteiger partial charge in [-0.25, -0.2) is 9.67 Å². The summed E-state index contributed by atoms with van der Waals surface area (Å²) in [6.45, 7) is 5.78. The lowest BCUT2D eigenvalue weighted by molar-refractivity contribution is -0.274. The van der Waals surface area contributed by atoms with Crippen LogP contribution >= 0.6 is 11.8 Å².